The van der Waals surface area contributed by atoms with E-state index in [9.17, 15) is 8.42 Å². The largest absolute Gasteiger partial charge is 0.215 e. The Morgan fingerprint density at radius 2 is 1.92 bits per heavy atom. The third kappa shape index (κ3) is 5.82. The second-order valence-electron chi connectivity index (χ2n) is 3.10. The lowest BCUT2D eigenvalue weighted by atomic mass is 10.0. The summed E-state index contributed by atoms with van der Waals surface area (Å²) in [4.78, 5) is 0. The van der Waals surface area contributed by atoms with Crippen LogP contribution in [0.1, 0.15) is 26.7 Å². The maximum Gasteiger partial charge on any atom is 0.215 e. The van der Waals surface area contributed by atoms with Crippen molar-refractivity contribution in [3.63, 3.8) is 0 Å². The molecule has 0 aliphatic rings. The summed E-state index contributed by atoms with van der Waals surface area (Å²) in [6.07, 6.45) is 3.41. The Morgan fingerprint density at radius 3 is 2.31 bits per heavy atom. The van der Waals surface area contributed by atoms with Crippen molar-refractivity contribution in [3.8, 4) is 0 Å². The molecule has 0 aliphatic heterocycles. The molecule has 0 spiro atoms. The van der Waals surface area contributed by atoms with E-state index in [1.54, 1.807) is 0 Å². The molecule has 0 bridgehead atoms. The fourth-order valence-corrected chi connectivity index (χ4v) is 1.95. The van der Waals surface area contributed by atoms with E-state index in [1.165, 1.54) is 6.08 Å². The molecule has 0 aromatic carbocycles. The molecule has 0 amide bonds. The minimum absolute atomic E-state index is 0.00709. The molecule has 0 aromatic heterocycles. The van der Waals surface area contributed by atoms with E-state index >= 15 is 0 Å². The molecule has 0 unspecified atom stereocenters. The molecule has 3 nitrogen and oxygen atoms in total. The van der Waals surface area contributed by atoms with Crippen LogP contribution in [0.25, 0.3) is 0 Å². The lowest BCUT2D eigenvalue weighted by molar-refractivity contribution is 0.479. The molecule has 0 rings (SSSR count). The highest BCUT2D eigenvalue weighted by molar-refractivity contribution is 7.89. The first-order valence-electron chi connectivity index (χ1n) is 4.64. The maximum absolute atomic E-state index is 11.2. The predicted molar refractivity (Wildman–Crippen MR) is 56.1 cm³/mol. The highest BCUT2D eigenvalue weighted by Crippen LogP contribution is 2.05. The topological polar surface area (TPSA) is 46.2 Å². The van der Waals surface area contributed by atoms with Crippen molar-refractivity contribution in [2.75, 3.05) is 12.3 Å². The number of nitrogens with one attached hydrogen (secondary N) is 1. The molecule has 0 radical (unpaired) electrons. The average molecular weight is 205 g/mol. The predicted octanol–water partition coefficient (Wildman–Crippen LogP) is 1.53. The Labute approximate surface area is 81.3 Å². The van der Waals surface area contributed by atoms with Gasteiger partial charge in [-0.15, -0.1) is 6.58 Å². The second-order valence-corrected chi connectivity index (χ2v) is 4.95. The Bertz CT molecular complexity index is 230. The first-order chi connectivity index (χ1) is 6.05. The van der Waals surface area contributed by atoms with E-state index in [-0.39, 0.29) is 5.75 Å². The summed E-state index contributed by atoms with van der Waals surface area (Å²) in [5.74, 6) is 0.451. The van der Waals surface area contributed by atoms with Crippen LogP contribution in [0.4, 0.5) is 0 Å². The van der Waals surface area contributed by atoms with E-state index in [0.29, 0.717) is 12.5 Å². The van der Waals surface area contributed by atoms with E-state index in [1.807, 2.05) is 0 Å². The number of hydrogen-bond acceptors (Lipinski definition) is 2. The summed E-state index contributed by atoms with van der Waals surface area (Å²) in [6.45, 7) is 8.07. The molecule has 0 fully saturated rings. The van der Waals surface area contributed by atoms with Crippen molar-refractivity contribution in [1.82, 2.24) is 4.72 Å². The van der Waals surface area contributed by atoms with Crippen LogP contribution in [0, 0.1) is 5.92 Å². The summed E-state index contributed by atoms with van der Waals surface area (Å²) >= 11 is 0. The molecular formula is C9H19NO2S. The van der Waals surface area contributed by atoms with Crippen LogP contribution in [0.3, 0.4) is 0 Å². The van der Waals surface area contributed by atoms with Crippen LogP contribution in [-0.4, -0.2) is 20.7 Å². The fraction of sp³-hybridized carbons (Fsp3) is 0.778. The lowest BCUT2D eigenvalue weighted by Crippen LogP contribution is -2.30. The van der Waals surface area contributed by atoms with Crippen molar-refractivity contribution in [3.05, 3.63) is 12.7 Å². The molecule has 0 aromatic rings. The molecule has 0 saturated carbocycles. The van der Waals surface area contributed by atoms with Crippen LogP contribution >= 0.6 is 0 Å². The molecule has 0 heterocycles. The zero-order valence-electron chi connectivity index (χ0n) is 8.41. The SMILES string of the molecule is C=CCS(=O)(=O)NCC(CC)CC. The molecule has 0 atom stereocenters. The van der Waals surface area contributed by atoms with Crippen LogP contribution < -0.4 is 4.72 Å². The second kappa shape index (κ2) is 6.16. The van der Waals surface area contributed by atoms with E-state index < -0.39 is 10.0 Å². The quantitative estimate of drug-likeness (QED) is 0.641. The Hall–Kier alpha value is -0.350. The van der Waals surface area contributed by atoms with Gasteiger partial charge in [-0.25, -0.2) is 13.1 Å². The third-order valence-corrected chi connectivity index (χ3v) is 3.36. The Kier molecular flexibility index (Phi) is 5.99. The molecule has 13 heavy (non-hydrogen) atoms. The maximum atomic E-state index is 11.2. The molecule has 4 heteroatoms. The van der Waals surface area contributed by atoms with Crippen molar-refractivity contribution < 1.29 is 8.42 Å². The fourth-order valence-electron chi connectivity index (χ4n) is 1.04. The van der Waals surface area contributed by atoms with Gasteiger partial charge in [0.05, 0.1) is 5.75 Å². The van der Waals surface area contributed by atoms with Gasteiger partial charge in [-0.2, -0.15) is 0 Å². The minimum Gasteiger partial charge on any atom is -0.215 e. The van der Waals surface area contributed by atoms with Gasteiger partial charge in [0.25, 0.3) is 0 Å². The monoisotopic (exact) mass is 205 g/mol. The van der Waals surface area contributed by atoms with Crippen LogP contribution in [0.5, 0.6) is 0 Å². The van der Waals surface area contributed by atoms with E-state index in [0.717, 1.165) is 12.8 Å². The van der Waals surface area contributed by atoms with Gasteiger partial charge in [0.15, 0.2) is 0 Å². The smallest absolute Gasteiger partial charge is 0.215 e. The summed E-state index contributed by atoms with van der Waals surface area (Å²) in [5.41, 5.74) is 0. The molecule has 0 saturated heterocycles. The number of hydrogen-bond donors (Lipinski definition) is 1. The van der Waals surface area contributed by atoms with Gasteiger partial charge >= 0.3 is 0 Å². The van der Waals surface area contributed by atoms with Gasteiger partial charge in [0.2, 0.25) is 10.0 Å². The van der Waals surface area contributed by atoms with E-state index in [4.69, 9.17) is 0 Å². The van der Waals surface area contributed by atoms with E-state index in [2.05, 4.69) is 25.1 Å². The van der Waals surface area contributed by atoms with Crippen LogP contribution in [-0.2, 0) is 10.0 Å². The van der Waals surface area contributed by atoms with Gasteiger partial charge in [-0.1, -0.05) is 32.8 Å². The summed E-state index contributed by atoms with van der Waals surface area (Å²) in [7, 11) is -3.11. The minimum atomic E-state index is -3.11. The normalized spacial score (nSPS) is 11.9. The third-order valence-electron chi connectivity index (χ3n) is 2.08. The molecular weight excluding hydrogens is 186 g/mol. The van der Waals surface area contributed by atoms with Crippen LogP contribution in [0.15, 0.2) is 12.7 Å². The first-order valence-corrected chi connectivity index (χ1v) is 6.29. The van der Waals surface area contributed by atoms with Crippen molar-refractivity contribution >= 4 is 10.0 Å². The van der Waals surface area contributed by atoms with Gasteiger partial charge in [-0.05, 0) is 5.92 Å². The van der Waals surface area contributed by atoms with Gasteiger partial charge in [0, 0.05) is 6.54 Å². The standard InChI is InChI=1S/C9H19NO2S/c1-4-7-13(11,12)10-8-9(5-2)6-3/h4,9-10H,1,5-8H2,2-3H3. The lowest BCUT2D eigenvalue weighted by Gasteiger charge is -2.12. The number of rotatable bonds is 7. The molecule has 1 N–H and O–H groups in total. The zero-order valence-corrected chi connectivity index (χ0v) is 9.23. The van der Waals surface area contributed by atoms with Gasteiger partial charge in [0.1, 0.15) is 0 Å². The molecule has 0 aliphatic carbocycles. The Balaban J connectivity index is 3.93. The highest BCUT2D eigenvalue weighted by atomic mass is 32.2. The Morgan fingerprint density at radius 1 is 1.38 bits per heavy atom. The van der Waals surface area contributed by atoms with Gasteiger partial charge in [-0.3, -0.25) is 0 Å². The summed E-state index contributed by atoms with van der Waals surface area (Å²) in [6, 6.07) is 0. The summed E-state index contributed by atoms with van der Waals surface area (Å²) in [5, 5.41) is 0. The van der Waals surface area contributed by atoms with Crippen molar-refractivity contribution in [2.24, 2.45) is 5.92 Å². The number of sulfonamides is 1. The average Bonchev–Trinajstić information content (AvgIpc) is 2.06. The molecule has 78 valence electrons. The zero-order chi connectivity index (χ0) is 10.3. The summed E-state index contributed by atoms with van der Waals surface area (Å²) < 4.78 is 24.9. The highest BCUT2D eigenvalue weighted by Gasteiger charge is 2.10. The van der Waals surface area contributed by atoms with Crippen molar-refractivity contribution in [2.45, 2.75) is 26.7 Å². The van der Waals surface area contributed by atoms with Crippen LogP contribution in [0.2, 0.25) is 0 Å². The first kappa shape index (κ1) is 12.7. The van der Waals surface area contributed by atoms with Gasteiger partial charge < -0.3 is 0 Å². The van der Waals surface area contributed by atoms with Crippen molar-refractivity contribution in [1.29, 1.82) is 0 Å².